The number of nitrogens with zero attached hydrogens (tertiary/aromatic N) is 1. The first kappa shape index (κ1) is 26.0. The zero-order chi connectivity index (χ0) is 22.1. The molecule has 2 amide bonds. The number of likely N-dealkylation sites (N-methyl/N-ethyl adjacent to an activating group) is 1. The third kappa shape index (κ3) is 7.90. The molecule has 0 fully saturated rings. The first-order valence-electron chi connectivity index (χ1n) is 10.0. The number of nitrogens with one attached hydrogen (secondary N) is 1. The van der Waals surface area contributed by atoms with Gasteiger partial charge < -0.3 is 14.8 Å². The van der Waals surface area contributed by atoms with E-state index in [2.05, 4.69) is 11.9 Å². The minimum Gasteiger partial charge on any atom is -0.464 e. The summed E-state index contributed by atoms with van der Waals surface area (Å²) in [4.78, 5) is 39.4. The van der Waals surface area contributed by atoms with Crippen LogP contribution in [0.15, 0.2) is 12.7 Å². The number of amides is 2. The molecule has 0 aliphatic heterocycles. The maximum absolute atomic E-state index is 13.0. The molecule has 0 spiro atoms. The predicted octanol–water partition coefficient (Wildman–Crippen LogP) is 3.53. The molecule has 0 bridgehead atoms. The van der Waals surface area contributed by atoms with Gasteiger partial charge in [-0.05, 0) is 47.0 Å². The average Bonchev–Trinajstić information content (AvgIpc) is 2.57. The van der Waals surface area contributed by atoms with Gasteiger partial charge in [0.1, 0.15) is 17.7 Å². The second-order valence-corrected chi connectivity index (χ2v) is 7.99. The van der Waals surface area contributed by atoms with Crippen LogP contribution in [0.25, 0.3) is 0 Å². The van der Waals surface area contributed by atoms with Crippen LogP contribution in [0.5, 0.6) is 0 Å². The van der Waals surface area contributed by atoms with E-state index in [1.807, 2.05) is 20.8 Å². The summed E-state index contributed by atoms with van der Waals surface area (Å²) in [6.45, 7) is 18.8. The number of rotatable bonds is 10. The van der Waals surface area contributed by atoms with Gasteiger partial charge in [-0.15, -0.1) is 6.58 Å². The molecule has 0 heterocycles. The van der Waals surface area contributed by atoms with Crippen molar-refractivity contribution in [3.05, 3.63) is 12.7 Å². The number of ether oxygens (including phenoxy) is 2. The van der Waals surface area contributed by atoms with Crippen molar-refractivity contribution < 1.29 is 23.9 Å². The maximum atomic E-state index is 13.0. The van der Waals surface area contributed by atoms with Gasteiger partial charge in [0, 0.05) is 12.5 Å². The molecule has 28 heavy (non-hydrogen) atoms. The van der Waals surface area contributed by atoms with E-state index in [0.29, 0.717) is 13.0 Å². The number of hydrogen-bond donors (Lipinski definition) is 1. The fraction of sp³-hybridized carbons (Fsp3) is 0.762. The lowest BCUT2D eigenvalue weighted by Crippen LogP contribution is -2.56. The van der Waals surface area contributed by atoms with Crippen LogP contribution in [0, 0.1) is 11.8 Å². The molecule has 0 aliphatic carbocycles. The molecule has 0 saturated carbocycles. The molecule has 7 nitrogen and oxygen atoms in total. The van der Waals surface area contributed by atoms with Crippen molar-refractivity contribution in [1.29, 1.82) is 0 Å². The molecule has 0 radical (unpaired) electrons. The van der Waals surface area contributed by atoms with E-state index in [1.165, 1.54) is 4.90 Å². The lowest BCUT2D eigenvalue weighted by molar-refractivity contribution is -0.149. The monoisotopic (exact) mass is 398 g/mol. The summed E-state index contributed by atoms with van der Waals surface area (Å²) in [5.74, 6) is -1.15. The van der Waals surface area contributed by atoms with Crippen molar-refractivity contribution in [1.82, 2.24) is 10.2 Å². The molecule has 0 aromatic carbocycles. The molecule has 3 atom stereocenters. The van der Waals surface area contributed by atoms with Crippen molar-refractivity contribution >= 4 is 18.0 Å². The summed E-state index contributed by atoms with van der Waals surface area (Å²) in [6, 6.07) is -1.62. The molecule has 0 rings (SSSR count). The number of carbonyl (C=O) groups is 3. The first-order valence-corrected chi connectivity index (χ1v) is 10.0. The van der Waals surface area contributed by atoms with Crippen LogP contribution in [0.1, 0.15) is 61.8 Å². The Morgan fingerprint density at radius 3 is 2.07 bits per heavy atom. The molecular formula is C21H38N2O5. The second-order valence-electron chi connectivity index (χ2n) is 7.99. The van der Waals surface area contributed by atoms with Gasteiger partial charge in [0.25, 0.3) is 0 Å². The van der Waals surface area contributed by atoms with Crippen molar-refractivity contribution in [2.75, 3.05) is 13.2 Å². The Morgan fingerprint density at radius 1 is 1.14 bits per heavy atom. The van der Waals surface area contributed by atoms with E-state index < -0.39 is 35.7 Å². The Hall–Kier alpha value is -2.05. The molecule has 0 aromatic rings. The van der Waals surface area contributed by atoms with Gasteiger partial charge in [-0.3, -0.25) is 9.69 Å². The van der Waals surface area contributed by atoms with Crippen molar-refractivity contribution in [2.24, 2.45) is 11.8 Å². The molecule has 0 aromatic heterocycles. The molecule has 1 N–H and O–H groups in total. The Balaban J connectivity index is 5.60. The Morgan fingerprint density at radius 2 is 1.71 bits per heavy atom. The highest BCUT2D eigenvalue weighted by molar-refractivity contribution is 5.90. The lowest BCUT2D eigenvalue weighted by atomic mass is 9.88. The smallest absolute Gasteiger partial charge is 0.410 e. The molecular weight excluding hydrogens is 360 g/mol. The van der Waals surface area contributed by atoms with Gasteiger partial charge in [0.05, 0.1) is 6.61 Å². The predicted molar refractivity (Wildman–Crippen MR) is 110 cm³/mol. The van der Waals surface area contributed by atoms with E-state index in [9.17, 15) is 14.4 Å². The SMILES string of the molecule is C=CC(C(C)C)C(NC(=O)[C@H](CC)N(CC)C(=O)OC(C)(C)C)C(=O)OCC. The highest BCUT2D eigenvalue weighted by Crippen LogP contribution is 2.19. The van der Waals surface area contributed by atoms with Crippen LogP contribution in [0.4, 0.5) is 4.79 Å². The van der Waals surface area contributed by atoms with Crippen LogP contribution in [0.2, 0.25) is 0 Å². The largest absolute Gasteiger partial charge is 0.464 e. The number of carbonyl (C=O) groups excluding carboxylic acids is 3. The van der Waals surface area contributed by atoms with Crippen molar-refractivity contribution in [2.45, 2.75) is 79.5 Å². The minimum absolute atomic E-state index is 0.0698. The van der Waals surface area contributed by atoms with Gasteiger partial charge in [0.15, 0.2) is 0 Å². The zero-order valence-corrected chi connectivity index (χ0v) is 18.7. The first-order chi connectivity index (χ1) is 12.9. The highest BCUT2D eigenvalue weighted by Gasteiger charge is 2.36. The standard InChI is InChI=1S/C21H38N2O5/c1-10-15(14(5)6)17(19(25)27-13-4)22-18(24)16(11-2)23(12-3)20(26)28-21(7,8)9/h10,14-17H,1,11-13H2,2-9H3,(H,22,24)/t15?,16-,17?/m0/s1. The highest BCUT2D eigenvalue weighted by atomic mass is 16.6. The van der Waals surface area contributed by atoms with E-state index in [-0.39, 0.29) is 18.4 Å². The van der Waals surface area contributed by atoms with E-state index >= 15 is 0 Å². The molecule has 7 heteroatoms. The summed E-state index contributed by atoms with van der Waals surface area (Å²) in [6.07, 6.45) is 1.47. The van der Waals surface area contributed by atoms with E-state index in [0.717, 1.165) is 0 Å². The summed E-state index contributed by atoms with van der Waals surface area (Å²) in [5, 5.41) is 2.78. The third-order valence-corrected chi connectivity index (χ3v) is 4.30. The fourth-order valence-corrected chi connectivity index (χ4v) is 2.93. The quantitative estimate of drug-likeness (QED) is 0.449. The fourth-order valence-electron chi connectivity index (χ4n) is 2.93. The summed E-state index contributed by atoms with van der Waals surface area (Å²) >= 11 is 0. The molecule has 0 saturated heterocycles. The van der Waals surface area contributed by atoms with Crippen LogP contribution in [0.3, 0.4) is 0 Å². The summed E-state index contributed by atoms with van der Waals surface area (Å²) in [5.41, 5.74) is -0.668. The van der Waals surface area contributed by atoms with E-state index in [1.54, 1.807) is 40.7 Å². The van der Waals surface area contributed by atoms with Gasteiger partial charge in [-0.2, -0.15) is 0 Å². The molecule has 2 unspecified atom stereocenters. The van der Waals surface area contributed by atoms with E-state index in [4.69, 9.17) is 9.47 Å². The van der Waals surface area contributed by atoms with Gasteiger partial charge in [0.2, 0.25) is 5.91 Å². The zero-order valence-electron chi connectivity index (χ0n) is 18.7. The van der Waals surface area contributed by atoms with Crippen molar-refractivity contribution in [3.8, 4) is 0 Å². The Bertz CT molecular complexity index is 539. The topological polar surface area (TPSA) is 84.9 Å². The van der Waals surface area contributed by atoms with Crippen LogP contribution < -0.4 is 5.32 Å². The van der Waals surface area contributed by atoms with Crippen LogP contribution in [-0.4, -0.2) is 53.7 Å². The minimum atomic E-state index is -0.864. The average molecular weight is 399 g/mol. The van der Waals surface area contributed by atoms with Gasteiger partial charge in [-0.1, -0.05) is 26.8 Å². The maximum Gasteiger partial charge on any atom is 0.410 e. The molecule has 0 aliphatic rings. The normalized spacial score (nSPS) is 14.6. The van der Waals surface area contributed by atoms with Gasteiger partial charge in [-0.25, -0.2) is 9.59 Å². The number of hydrogen-bond acceptors (Lipinski definition) is 5. The summed E-state index contributed by atoms with van der Waals surface area (Å²) in [7, 11) is 0. The van der Waals surface area contributed by atoms with Crippen LogP contribution >= 0.6 is 0 Å². The van der Waals surface area contributed by atoms with Crippen molar-refractivity contribution in [3.63, 3.8) is 0 Å². The Kier molecular flexibility index (Phi) is 10.9. The molecule has 162 valence electrons. The second kappa shape index (κ2) is 11.7. The third-order valence-electron chi connectivity index (χ3n) is 4.30. The summed E-state index contributed by atoms with van der Waals surface area (Å²) < 4.78 is 10.6. The lowest BCUT2D eigenvalue weighted by Gasteiger charge is -2.33. The Labute approximate surface area is 169 Å². The number of esters is 1. The van der Waals surface area contributed by atoms with Crippen LogP contribution in [-0.2, 0) is 19.1 Å². The van der Waals surface area contributed by atoms with Gasteiger partial charge >= 0.3 is 12.1 Å².